The number of nitrogens with zero attached hydrogens (tertiary/aromatic N) is 2. The number of likely N-dealkylation sites (N-methyl/N-ethyl adjacent to an activating group) is 1. The van der Waals surface area contributed by atoms with Crippen LogP contribution in [0, 0.1) is 0 Å². The average molecular weight is 242 g/mol. The Morgan fingerprint density at radius 3 is 2.71 bits per heavy atom. The lowest BCUT2D eigenvalue weighted by atomic mass is 10.3. The van der Waals surface area contributed by atoms with E-state index in [1.165, 1.54) is 4.90 Å². The zero-order valence-corrected chi connectivity index (χ0v) is 10.0. The van der Waals surface area contributed by atoms with E-state index in [-0.39, 0.29) is 24.8 Å². The number of likely N-dealkylation sites (tertiary alicyclic amines) is 1. The molecule has 0 unspecified atom stereocenters. The molecule has 1 rings (SSSR count). The summed E-state index contributed by atoms with van der Waals surface area (Å²) in [5.74, 6) is -0.969. The molecule has 0 radical (unpaired) electrons. The zero-order valence-electron chi connectivity index (χ0n) is 10.0. The molecule has 0 aromatic heterocycles. The van der Waals surface area contributed by atoms with Gasteiger partial charge in [-0.15, -0.1) is 0 Å². The summed E-state index contributed by atoms with van der Waals surface area (Å²) in [4.78, 5) is 36.4. The van der Waals surface area contributed by atoms with E-state index in [0.29, 0.717) is 25.9 Å². The Morgan fingerprint density at radius 1 is 1.47 bits per heavy atom. The molecule has 96 valence electrons. The SMILES string of the molecule is CN(CCCC(=O)O)C(=O)CN1CCCC1=O. The van der Waals surface area contributed by atoms with Crippen LogP contribution in [-0.2, 0) is 14.4 Å². The minimum absolute atomic E-state index is 0.0253. The third kappa shape index (κ3) is 4.42. The number of carboxylic acid groups (broad SMARTS) is 1. The van der Waals surface area contributed by atoms with Gasteiger partial charge in [0.2, 0.25) is 11.8 Å². The van der Waals surface area contributed by atoms with Crippen LogP contribution in [-0.4, -0.2) is 59.4 Å². The van der Waals surface area contributed by atoms with Crippen molar-refractivity contribution in [3.05, 3.63) is 0 Å². The predicted octanol–water partition coefficient (Wildman–Crippen LogP) is -0.0680. The van der Waals surface area contributed by atoms with Crippen LogP contribution < -0.4 is 0 Å². The Labute approximate surface area is 100 Å². The smallest absolute Gasteiger partial charge is 0.303 e. The van der Waals surface area contributed by atoms with Gasteiger partial charge < -0.3 is 14.9 Å². The van der Waals surface area contributed by atoms with Gasteiger partial charge in [-0.25, -0.2) is 0 Å². The van der Waals surface area contributed by atoms with Gasteiger partial charge in [0.25, 0.3) is 0 Å². The molecule has 0 aliphatic carbocycles. The predicted molar refractivity (Wildman–Crippen MR) is 60.3 cm³/mol. The van der Waals surface area contributed by atoms with Gasteiger partial charge in [0, 0.05) is 33.0 Å². The van der Waals surface area contributed by atoms with Crippen LogP contribution in [0.2, 0.25) is 0 Å². The summed E-state index contributed by atoms with van der Waals surface area (Å²) in [5.41, 5.74) is 0. The van der Waals surface area contributed by atoms with Crippen molar-refractivity contribution in [1.29, 1.82) is 0 Å². The van der Waals surface area contributed by atoms with Crippen molar-refractivity contribution >= 4 is 17.8 Å². The van der Waals surface area contributed by atoms with Crippen LogP contribution in [0.1, 0.15) is 25.7 Å². The van der Waals surface area contributed by atoms with E-state index >= 15 is 0 Å². The summed E-state index contributed by atoms with van der Waals surface area (Å²) in [6.45, 7) is 1.17. The fourth-order valence-corrected chi connectivity index (χ4v) is 1.75. The molecule has 0 atom stereocenters. The molecule has 1 saturated heterocycles. The van der Waals surface area contributed by atoms with E-state index in [9.17, 15) is 14.4 Å². The Morgan fingerprint density at radius 2 is 2.18 bits per heavy atom. The highest BCUT2D eigenvalue weighted by Gasteiger charge is 2.23. The second kappa shape index (κ2) is 6.22. The highest BCUT2D eigenvalue weighted by Crippen LogP contribution is 2.09. The molecule has 1 N–H and O–H groups in total. The molecule has 6 heteroatoms. The number of carbonyl (C=O) groups is 3. The van der Waals surface area contributed by atoms with Crippen LogP contribution in [0.15, 0.2) is 0 Å². The molecule has 1 heterocycles. The number of aliphatic carboxylic acids is 1. The Bertz CT molecular complexity index is 317. The van der Waals surface area contributed by atoms with E-state index < -0.39 is 5.97 Å². The number of carbonyl (C=O) groups excluding carboxylic acids is 2. The molecule has 6 nitrogen and oxygen atoms in total. The van der Waals surface area contributed by atoms with Crippen molar-refractivity contribution in [1.82, 2.24) is 9.80 Å². The molecule has 1 fully saturated rings. The molecule has 0 bridgehead atoms. The first kappa shape index (κ1) is 13.5. The second-order valence-corrected chi connectivity index (χ2v) is 4.23. The fraction of sp³-hybridized carbons (Fsp3) is 0.727. The van der Waals surface area contributed by atoms with Crippen LogP contribution in [0.5, 0.6) is 0 Å². The highest BCUT2D eigenvalue weighted by molar-refractivity contribution is 5.85. The summed E-state index contributed by atoms with van der Waals surface area (Å²) in [6.07, 6.45) is 1.83. The quantitative estimate of drug-likeness (QED) is 0.707. The first-order valence-corrected chi connectivity index (χ1v) is 5.74. The maximum atomic E-state index is 11.7. The van der Waals surface area contributed by atoms with Crippen LogP contribution in [0.25, 0.3) is 0 Å². The molecule has 1 aliphatic heterocycles. The second-order valence-electron chi connectivity index (χ2n) is 4.23. The highest BCUT2D eigenvalue weighted by atomic mass is 16.4. The van der Waals surface area contributed by atoms with Crippen LogP contribution in [0.4, 0.5) is 0 Å². The summed E-state index contributed by atoms with van der Waals surface area (Å²) in [6, 6.07) is 0. The standard InChI is InChI=1S/C11H18N2O4/c1-12(6-3-5-11(16)17)10(15)8-13-7-2-4-9(13)14/h2-8H2,1H3,(H,16,17). The van der Waals surface area contributed by atoms with E-state index in [1.54, 1.807) is 11.9 Å². The molecule has 1 aliphatic rings. The first-order chi connectivity index (χ1) is 8.00. The van der Waals surface area contributed by atoms with E-state index in [2.05, 4.69) is 0 Å². The third-order valence-electron chi connectivity index (χ3n) is 2.81. The van der Waals surface area contributed by atoms with E-state index in [4.69, 9.17) is 5.11 Å². The largest absolute Gasteiger partial charge is 0.481 e. The summed E-state index contributed by atoms with van der Waals surface area (Å²) in [5, 5.41) is 8.47. The van der Waals surface area contributed by atoms with Gasteiger partial charge >= 0.3 is 5.97 Å². The topological polar surface area (TPSA) is 77.9 Å². The van der Waals surface area contributed by atoms with Gasteiger partial charge in [0.05, 0.1) is 6.54 Å². The Kier molecular flexibility index (Phi) is 4.93. The lowest BCUT2D eigenvalue weighted by molar-refractivity contribution is -0.139. The number of rotatable bonds is 6. The molecular weight excluding hydrogens is 224 g/mol. The summed E-state index contributed by atoms with van der Waals surface area (Å²) < 4.78 is 0. The van der Waals surface area contributed by atoms with E-state index in [1.807, 2.05) is 0 Å². The average Bonchev–Trinajstić information content (AvgIpc) is 2.63. The number of carboxylic acids is 1. The molecular formula is C11H18N2O4. The van der Waals surface area contributed by atoms with Crippen molar-refractivity contribution in [2.45, 2.75) is 25.7 Å². The molecule has 2 amide bonds. The molecule has 0 aromatic carbocycles. The molecule has 0 aromatic rings. The third-order valence-corrected chi connectivity index (χ3v) is 2.81. The van der Waals surface area contributed by atoms with Crippen LogP contribution in [0.3, 0.4) is 0 Å². The summed E-state index contributed by atoms with van der Waals surface area (Å²) >= 11 is 0. The lowest BCUT2D eigenvalue weighted by Gasteiger charge is -2.21. The molecule has 17 heavy (non-hydrogen) atoms. The van der Waals surface area contributed by atoms with E-state index in [0.717, 1.165) is 6.42 Å². The number of amides is 2. The molecule has 0 saturated carbocycles. The van der Waals surface area contributed by atoms with Gasteiger partial charge in [0.15, 0.2) is 0 Å². The zero-order chi connectivity index (χ0) is 12.8. The van der Waals surface area contributed by atoms with Crippen molar-refractivity contribution in [2.75, 3.05) is 26.7 Å². The van der Waals surface area contributed by atoms with Gasteiger partial charge in [0.1, 0.15) is 0 Å². The fourth-order valence-electron chi connectivity index (χ4n) is 1.75. The van der Waals surface area contributed by atoms with Gasteiger partial charge in [-0.2, -0.15) is 0 Å². The number of hydrogen-bond acceptors (Lipinski definition) is 3. The van der Waals surface area contributed by atoms with Gasteiger partial charge in [-0.1, -0.05) is 0 Å². The van der Waals surface area contributed by atoms with Crippen molar-refractivity contribution < 1.29 is 19.5 Å². The summed E-state index contributed by atoms with van der Waals surface area (Å²) in [7, 11) is 1.63. The van der Waals surface area contributed by atoms with Crippen molar-refractivity contribution in [2.24, 2.45) is 0 Å². The first-order valence-electron chi connectivity index (χ1n) is 5.74. The Hall–Kier alpha value is -1.59. The minimum Gasteiger partial charge on any atom is -0.481 e. The van der Waals surface area contributed by atoms with Crippen molar-refractivity contribution in [3.63, 3.8) is 0 Å². The Balaban J connectivity index is 2.26. The van der Waals surface area contributed by atoms with Gasteiger partial charge in [-0.3, -0.25) is 14.4 Å². The molecule has 0 spiro atoms. The monoisotopic (exact) mass is 242 g/mol. The maximum absolute atomic E-state index is 11.7. The lowest BCUT2D eigenvalue weighted by Crippen LogP contribution is -2.39. The minimum atomic E-state index is -0.861. The maximum Gasteiger partial charge on any atom is 0.303 e. The number of hydrogen-bond donors (Lipinski definition) is 1. The van der Waals surface area contributed by atoms with Crippen molar-refractivity contribution in [3.8, 4) is 0 Å². The van der Waals surface area contributed by atoms with Gasteiger partial charge in [-0.05, 0) is 12.8 Å². The normalized spacial score (nSPS) is 15.1. The van der Waals surface area contributed by atoms with Crippen LogP contribution >= 0.6 is 0 Å².